The molecule has 1 N–H and O–H groups in total. The molecular formula is C16H14O2. The van der Waals surface area contributed by atoms with Crippen LogP contribution < -0.4 is 0 Å². The summed E-state index contributed by atoms with van der Waals surface area (Å²) in [6.45, 7) is 1.99. The lowest BCUT2D eigenvalue weighted by Crippen LogP contribution is -2.11. The molecule has 1 aliphatic rings. The summed E-state index contributed by atoms with van der Waals surface area (Å²) in [7, 11) is 0. The molecule has 3 rings (SSSR count). The maximum atomic E-state index is 12.4. The second-order valence-electron chi connectivity index (χ2n) is 4.79. The molecule has 0 aromatic heterocycles. The second kappa shape index (κ2) is 4.07. The number of rotatable bonds is 1. The molecule has 0 bridgehead atoms. The Morgan fingerprint density at radius 1 is 1.06 bits per heavy atom. The van der Waals surface area contributed by atoms with Crippen LogP contribution in [0.2, 0.25) is 0 Å². The van der Waals surface area contributed by atoms with Crippen LogP contribution in [0.25, 0.3) is 0 Å². The van der Waals surface area contributed by atoms with Crippen molar-refractivity contribution in [3.63, 3.8) is 0 Å². The number of carbonyl (C=O) groups excluding carboxylic acids is 1. The van der Waals surface area contributed by atoms with Crippen LogP contribution in [0.5, 0.6) is 0 Å². The van der Waals surface area contributed by atoms with Crippen LogP contribution in [-0.2, 0) is 0 Å². The Hall–Kier alpha value is -1.93. The summed E-state index contributed by atoms with van der Waals surface area (Å²) in [6, 6.07) is 15.1. The predicted octanol–water partition coefficient (Wildman–Crippen LogP) is 3.01. The van der Waals surface area contributed by atoms with Crippen LogP contribution in [0.4, 0.5) is 0 Å². The van der Waals surface area contributed by atoms with Crippen molar-refractivity contribution >= 4 is 5.78 Å². The third-order valence-electron chi connectivity index (χ3n) is 3.54. The van der Waals surface area contributed by atoms with Gasteiger partial charge in [-0.1, -0.05) is 54.1 Å². The van der Waals surface area contributed by atoms with E-state index in [0.717, 1.165) is 16.7 Å². The zero-order chi connectivity index (χ0) is 12.7. The summed E-state index contributed by atoms with van der Waals surface area (Å²) in [5.74, 6) is -0.439. The van der Waals surface area contributed by atoms with E-state index >= 15 is 0 Å². The predicted molar refractivity (Wildman–Crippen MR) is 69.7 cm³/mol. The van der Waals surface area contributed by atoms with Gasteiger partial charge in [-0.05, 0) is 18.1 Å². The molecule has 0 fully saturated rings. The molecule has 2 heteroatoms. The average molecular weight is 238 g/mol. The molecule has 2 atom stereocenters. The first kappa shape index (κ1) is 11.2. The smallest absolute Gasteiger partial charge is 0.173 e. The van der Waals surface area contributed by atoms with Crippen LogP contribution in [0.3, 0.4) is 0 Å². The Kier molecular flexibility index (Phi) is 2.53. The van der Waals surface area contributed by atoms with Crippen molar-refractivity contribution in [2.24, 2.45) is 0 Å². The lowest BCUT2D eigenvalue weighted by atomic mass is 9.92. The lowest BCUT2D eigenvalue weighted by Gasteiger charge is -2.14. The summed E-state index contributed by atoms with van der Waals surface area (Å²) in [4.78, 5) is 12.4. The lowest BCUT2D eigenvalue weighted by molar-refractivity contribution is 0.0872. The third kappa shape index (κ3) is 1.57. The highest BCUT2D eigenvalue weighted by molar-refractivity contribution is 6.06. The van der Waals surface area contributed by atoms with Gasteiger partial charge in [0.1, 0.15) is 0 Å². The van der Waals surface area contributed by atoms with Gasteiger partial charge in [0, 0.05) is 5.56 Å². The number of Topliss-reactive ketones (excluding diaryl/α,β-unsaturated/α-hetero) is 1. The largest absolute Gasteiger partial charge is 0.387 e. The van der Waals surface area contributed by atoms with Crippen molar-refractivity contribution in [3.05, 3.63) is 70.8 Å². The molecule has 2 aromatic carbocycles. The van der Waals surface area contributed by atoms with Gasteiger partial charge in [-0.15, -0.1) is 0 Å². The standard InChI is InChI=1S/C16H14O2/c1-10-5-4-6-11(9-10)14-15(17)12-7-2-3-8-13(12)16(14)18/h2-9,14-15,17H,1H3/t14-,15+/m1/s1. The van der Waals surface area contributed by atoms with E-state index in [1.165, 1.54) is 0 Å². The molecule has 0 spiro atoms. The summed E-state index contributed by atoms with van der Waals surface area (Å²) in [5.41, 5.74) is 3.39. The third-order valence-corrected chi connectivity index (χ3v) is 3.54. The van der Waals surface area contributed by atoms with Gasteiger partial charge in [-0.25, -0.2) is 0 Å². The number of hydrogen-bond acceptors (Lipinski definition) is 2. The molecule has 0 saturated heterocycles. The molecule has 0 aliphatic heterocycles. The number of fused-ring (bicyclic) bond motifs is 1. The average Bonchev–Trinajstić information content (AvgIpc) is 2.63. The topological polar surface area (TPSA) is 37.3 Å². The molecule has 0 heterocycles. The number of hydrogen-bond donors (Lipinski definition) is 1. The van der Waals surface area contributed by atoms with Crippen LogP contribution in [0.15, 0.2) is 48.5 Å². The quantitative estimate of drug-likeness (QED) is 0.829. The number of aryl methyl sites for hydroxylation is 1. The molecule has 2 nitrogen and oxygen atoms in total. The van der Waals surface area contributed by atoms with Gasteiger partial charge in [0.05, 0.1) is 12.0 Å². The normalized spacial score (nSPS) is 22.0. The molecule has 18 heavy (non-hydrogen) atoms. The Morgan fingerprint density at radius 3 is 2.56 bits per heavy atom. The van der Waals surface area contributed by atoms with Crippen LogP contribution in [0, 0.1) is 6.92 Å². The summed E-state index contributed by atoms with van der Waals surface area (Å²) in [5, 5.41) is 10.3. The SMILES string of the molecule is Cc1cccc([C@H]2C(=O)c3ccccc3[C@@H]2O)c1. The molecule has 0 saturated carbocycles. The molecule has 0 unspecified atom stereocenters. The van der Waals surface area contributed by atoms with Crippen molar-refractivity contribution < 1.29 is 9.90 Å². The van der Waals surface area contributed by atoms with Gasteiger partial charge in [-0.2, -0.15) is 0 Å². The maximum Gasteiger partial charge on any atom is 0.173 e. The molecule has 0 radical (unpaired) electrons. The van der Waals surface area contributed by atoms with Crippen molar-refractivity contribution in [3.8, 4) is 0 Å². The van der Waals surface area contributed by atoms with Gasteiger partial charge in [-0.3, -0.25) is 4.79 Å². The van der Waals surface area contributed by atoms with Gasteiger partial charge in [0.25, 0.3) is 0 Å². The maximum absolute atomic E-state index is 12.4. The molecule has 2 aromatic rings. The van der Waals surface area contributed by atoms with Gasteiger partial charge in [0.15, 0.2) is 5.78 Å². The van der Waals surface area contributed by atoms with Gasteiger partial charge in [0.2, 0.25) is 0 Å². The monoisotopic (exact) mass is 238 g/mol. The molecule has 90 valence electrons. The van der Waals surface area contributed by atoms with Crippen molar-refractivity contribution in [2.45, 2.75) is 18.9 Å². The van der Waals surface area contributed by atoms with E-state index in [-0.39, 0.29) is 5.78 Å². The minimum atomic E-state index is -0.726. The Morgan fingerprint density at radius 2 is 1.83 bits per heavy atom. The first-order valence-electron chi connectivity index (χ1n) is 6.06. The minimum absolute atomic E-state index is 0.0173. The van der Waals surface area contributed by atoms with Crippen LogP contribution in [-0.4, -0.2) is 10.9 Å². The van der Waals surface area contributed by atoms with E-state index in [9.17, 15) is 9.90 Å². The van der Waals surface area contributed by atoms with E-state index in [2.05, 4.69) is 0 Å². The molecule has 1 aliphatic carbocycles. The Bertz CT molecular complexity index is 616. The molecular weight excluding hydrogens is 224 g/mol. The van der Waals surface area contributed by atoms with Crippen LogP contribution >= 0.6 is 0 Å². The zero-order valence-corrected chi connectivity index (χ0v) is 10.1. The summed E-state index contributed by atoms with van der Waals surface area (Å²) >= 11 is 0. The van der Waals surface area contributed by atoms with E-state index in [1.807, 2.05) is 49.4 Å². The van der Waals surface area contributed by atoms with Gasteiger partial charge < -0.3 is 5.11 Å². The molecule has 0 amide bonds. The summed E-state index contributed by atoms with van der Waals surface area (Å²) < 4.78 is 0. The van der Waals surface area contributed by atoms with Crippen molar-refractivity contribution in [1.29, 1.82) is 0 Å². The second-order valence-corrected chi connectivity index (χ2v) is 4.79. The number of aliphatic hydroxyl groups is 1. The summed E-state index contributed by atoms with van der Waals surface area (Å²) in [6.07, 6.45) is -0.726. The highest BCUT2D eigenvalue weighted by atomic mass is 16.3. The van der Waals surface area contributed by atoms with E-state index in [1.54, 1.807) is 6.07 Å². The number of benzene rings is 2. The van der Waals surface area contributed by atoms with E-state index < -0.39 is 12.0 Å². The fourth-order valence-electron chi connectivity index (χ4n) is 2.67. The van der Waals surface area contributed by atoms with Crippen LogP contribution in [0.1, 0.15) is 39.1 Å². The minimum Gasteiger partial charge on any atom is -0.387 e. The number of aliphatic hydroxyl groups excluding tert-OH is 1. The zero-order valence-electron chi connectivity index (χ0n) is 10.1. The first-order chi connectivity index (χ1) is 8.68. The highest BCUT2D eigenvalue weighted by Gasteiger charge is 2.39. The Labute approximate surface area is 106 Å². The number of carbonyl (C=O) groups is 1. The Balaban J connectivity index is 2.09. The van der Waals surface area contributed by atoms with E-state index in [4.69, 9.17) is 0 Å². The van der Waals surface area contributed by atoms with Gasteiger partial charge >= 0.3 is 0 Å². The number of ketones is 1. The highest BCUT2D eigenvalue weighted by Crippen LogP contribution is 2.42. The van der Waals surface area contributed by atoms with Crippen molar-refractivity contribution in [2.75, 3.05) is 0 Å². The van der Waals surface area contributed by atoms with Crippen molar-refractivity contribution in [1.82, 2.24) is 0 Å². The first-order valence-corrected chi connectivity index (χ1v) is 6.06. The fourth-order valence-corrected chi connectivity index (χ4v) is 2.67. The van der Waals surface area contributed by atoms with E-state index in [0.29, 0.717) is 5.56 Å². The fraction of sp³-hybridized carbons (Fsp3) is 0.188.